The topological polar surface area (TPSA) is 64.7 Å². The van der Waals surface area contributed by atoms with Crippen LogP contribution in [0.15, 0.2) is 48.5 Å². The fraction of sp³-hybridized carbons (Fsp3) is 0.333. The van der Waals surface area contributed by atoms with Crippen LogP contribution in [-0.4, -0.2) is 42.6 Å². The molecule has 0 aliphatic carbocycles. The van der Waals surface area contributed by atoms with Crippen LogP contribution in [0.25, 0.3) is 0 Å². The lowest BCUT2D eigenvalue weighted by Crippen LogP contribution is -2.67. The predicted octanol–water partition coefficient (Wildman–Crippen LogP) is 2.71. The Labute approximate surface area is 163 Å². The number of amides is 3. The standard InChI is InChI=1S/C21H23FN4O2/c1-25-18-8-3-2-7-17(18)19(27)24-21(25)9-11-26(12-10-21)20(28)23-14-15-5-4-6-16(22)13-15/h2-8,13H,9-12,14H2,1H3,(H,23,28)(H,24,27). The molecule has 2 aromatic rings. The molecule has 146 valence electrons. The first kappa shape index (κ1) is 18.3. The maximum Gasteiger partial charge on any atom is 0.317 e. The maximum absolute atomic E-state index is 13.3. The van der Waals surface area contributed by atoms with Crippen LogP contribution >= 0.6 is 0 Å². The summed E-state index contributed by atoms with van der Waals surface area (Å²) >= 11 is 0. The van der Waals surface area contributed by atoms with Gasteiger partial charge in [0.05, 0.1) is 11.3 Å². The van der Waals surface area contributed by atoms with Crippen LogP contribution in [0.2, 0.25) is 0 Å². The summed E-state index contributed by atoms with van der Waals surface area (Å²) in [5.74, 6) is -0.388. The van der Waals surface area contributed by atoms with Crippen LogP contribution in [0.4, 0.5) is 14.9 Å². The highest BCUT2D eigenvalue weighted by atomic mass is 19.1. The number of likely N-dealkylation sites (tertiary alicyclic amines) is 1. The molecule has 2 aromatic carbocycles. The highest BCUT2D eigenvalue weighted by molar-refractivity contribution is 6.02. The van der Waals surface area contributed by atoms with Crippen LogP contribution in [0, 0.1) is 5.82 Å². The van der Waals surface area contributed by atoms with Gasteiger partial charge in [-0.25, -0.2) is 9.18 Å². The Morgan fingerprint density at radius 1 is 1.18 bits per heavy atom. The summed E-state index contributed by atoms with van der Waals surface area (Å²) < 4.78 is 13.3. The van der Waals surface area contributed by atoms with Crippen molar-refractivity contribution in [3.8, 4) is 0 Å². The van der Waals surface area contributed by atoms with Gasteiger partial charge in [0.2, 0.25) is 0 Å². The van der Waals surface area contributed by atoms with Gasteiger partial charge in [0.25, 0.3) is 5.91 Å². The number of nitrogens with zero attached hydrogens (tertiary/aromatic N) is 2. The number of fused-ring (bicyclic) bond motifs is 1. The van der Waals surface area contributed by atoms with E-state index < -0.39 is 5.66 Å². The van der Waals surface area contributed by atoms with E-state index in [0.717, 1.165) is 11.3 Å². The molecule has 1 spiro atoms. The Hall–Kier alpha value is -3.09. The zero-order chi connectivity index (χ0) is 19.7. The largest absolute Gasteiger partial charge is 0.351 e. The fourth-order valence-electron chi connectivity index (χ4n) is 4.03. The minimum atomic E-state index is -0.481. The number of nitrogens with one attached hydrogen (secondary N) is 2. The van der Waals surface area contributed by atoms with Gasteiger partial charge >= 0.3 is 6.03 Å². The Kier molecular flexibility index (Phi) is 4.66. The van der Waals surface area contributed by atoms with Crippen LogP contribution in [-0.2, 0) is 6.54 Å². The number of hydrogen-bond acceptors (Lipinski definition) is 3. The van der Waals surface area contributed by atoms with Crippen molar-refractivity contribution in [2.45, 2.75) is 25.0 Å². The molecule has 1 fully saturated rings. The first-order chi connectivity index (χ1) is 13.5. The Morgan fingerprint density at radius 2 is 1.93 bits per heavy atom. The van der Waals surface area contributed by atoms with E-state index in [0.29, 0.717) is 31.5 Å². The second-order valence-corrected chi connectivity index (χ2v) is 7.34. The lowest BCUT2D eigenvalue weighted by molar-refractivity contribution is 0.0810. The number of para-hydroxylation sites is 1. The van der Waals surface area contributed by atoms with Crippen molar-refractivity contribution in [1.82, 2.24) is 15.5 Å². The number of anilines is 1. The summed E-state index contributed by atoms with van der Waals surface area (Å²) in [6.45, 7) is 1.34. The third kappa shape index (κ3) is 3.28. The molecule has 1 saturated heterocycles. The van der Waals surface area contributed by atoms with Gasteiger partial charge in [0.1, 0.15) is 11.5 Å². The molecule has 0 bridgehead atoms. The quantitative estimate of drug-likeness (QED) is 0.839. The second-order valence-electron chi connectivity index (χ2n) is 7.34. The average Bonchev–Trinajstić information content (AvgIpc) is 2.71. The molecule has 4 rings (SSSR count). The minimum absolute atomic E-state index is 0.0716. The number of piperidine rings is 1. The summed E-state index contributed by atoms with van der Waals surface area (Å²) in [5, 5.41) is 5.99. The van der Waals surface area contributed by atoms with Crippen molar-refractivity contribution in [2.75, 3.05) is 25.0 Å². The summed E-state index contributed by atoms with van der Waals surface area (Å²) in [7, 11) is 1.98. The number of carbonyl (C=O) groups excluding carboxylic acids is 2. The molecule has 2 aliphatic heterocycles. The molecule has 0 saturated carbocycles. The van der Waals surface area contributed by atoms with E-state index >= 15 is 0 Å². The summed E-state index contributed by atoms with van der Waals surface area (Å²) in [5.41, 5.74) is 1.82. The molecule has 6 nitrogen and oxygen atoms in total. The van der Waals surface area contributed by atoms with E-state index in [9.17, 15) is 14.0 Å². The molecule has 0 aromatic heterocycles. The highest BCUT2D eigenvalue weighted by Gasteiger charge is 2.44. The SMILES string of the molecule is CN1c2ccccc2C(=O)NC12CCN(C(=O)NCc1cccc(F)c1)CC2. The van der Waals surface area contributed by atoms with Gasteiger partial charge < -0.3 is 20.4 Å². The molecular weight excluding hydrogens is 359 g/mol. The van der Waals surface area contributed by atoms with Crippen LogP contribution < -0.4 is 15.5 Å². The van der Waals surface area contributed by atoms with Gasteiger partial charge in [-0.3, -0.25) is 4.79 Å². The molecule has 2 heterocycles. The molecule has 0 radical (unpaired) electrons. The first-order valence-electron chi connectivity index (χ1n) is 9.41. The number of halogens is 1. The van der Waals surface area contributed by atoms with Crippen molar-refractivity contribution >= 4 is 17.6 Å². The van der Waals surface area contributed by atoms with Crippen LogP contribution in [0.3, 0.4) is 0 Å². The van der Waals surface area contributed by atoms with E-state index in [1.165, 1.54) is 12.1 Å². The normalized spacial score (nSPS) is 17.9. The molecule has 3 amide bonds. The molecule has 2 aliphatic rings. The monoisotopic (exact) mass is 382 g/mol. The highest BCUT2D eigenvalue weighted by Crippen LogP contribution is 2.35. The average molecular weight is 382 g/mol. The molecular formula is C21H23FN4O2. The van der Waals surface area contributed by atoms with Gasteiger partial charge in [0.15, 0.2) is 0 Å². The first-order valence-corrected chi connectivity index (χ1v) is 9.41. The Bertz CT molecular complexity index is 909. The van der Waals surface area contributed by atoms with Gasteiger partial charge in [-0.2, -0.15) is 0 Å². The Morgan fingerprint density at radius 3 is 2.68 bits per heavy atom. The lowest BCUT2D eigenvalue weighted by atomic mass is 9.90. The zero-order valence-electron chi connectivity index (χ0n) is 15.7. The molecule has 2 N–H and O–H groups in total. The molecule has 0 unspecified atom stereocenters. The lowest BCUT2D eigenvalue weighted by Gasteiger charge is -2.51. The molecule has 7 heteroatoms. The summed E-state index contributed by atoms with van der Waals surface area (Å²) in [6.07, 6.45) is 1.27. The number of benzene rings is 2. The minimum Gasteiger partial charge on any atom is -0.351 e. The van der Waals surface area contributed by atoms with Gasteiger partial charge in [-0.15, -0.1) is 0 Å². The van der Waals surface area contributed by atoms with E-state index in [1.807, 2.05) is 31.3 Å². The van der Waals surface area contributed by atoms with Gasteiger partial charge in [-0.1, -0.05) is 24.3 Å². The van der Waals surface area contributed by atoms with Crippen molar-refractivity contribution in [1.29, 1.82) is 0 Å². The predicted molar refractivity (Wildman–Crippen MR) is 104 cm³/mol. The summed E-state index contributed by atoms with van der Waals surface area (Å²) in [6, 6.07) is 13.6. The zero-order valence-corrected chi connectivity index (χ0v) is 15.7. The molecule has 28 heavy (non-hydrogen) atoms. The second kappa shape index (κ2) is 7.14. The maximum atomic E-state index is 13.3. The summed E-state index contributed by atoms with van der Waals surface area (Å²) in [4.78, 5) is 28.9. The van der Waals surface area contributed by atoms with Crippen molar-refractivity contribution in [3.05, 3.63) is 65.5 Å². The fourth-order valence-corrected chi connectivity index (χ4v) is 4.03. The number of urea groups is 1. The number of hydrogen-bond donors (Lipinski definition) is 2. The molecule has 0 atom stereocenters. The Balaban J connectivity index is 1.39. The van der Waals surface area contributed by atoms with E-state index in [-0.39, 0.29) is 24.3 Å². The number of rotatable bonds is 2. The van der Waals surface area contributed by atoms with Crippen molar-refractivity contribution < 1.29 is 14.0 Å². The van der Waals surface area contributed by atoms with Crippen molar-refractivity contribution in [2.24, 2.45) is 0 Å². The number of carbonyl (C=O) groups is 2. The van der Waals surface area contributed by atoms with E-state index in [2.05, 4.69) is 15.5 Å². The van der Waals surface area contributed by atoms with Crippen molar-refractivity contribution in [3.63, 3.8) is 0 Å². The van der Waals surface area contributed by atoms with E-state index in [1.54, 1.807) is 17.0 Å². The third-order valence-electron chi connectivity index (χ3n) is 5.71. The van der Waals surface area contributed by atoms with E-state index in [4.69, 9.17) is 0 Å². The smallest absolute Gasteiger partial charge is 0.317 e. The van der Waals surface area contributed by atoms with Gasteiger partial charge in [-0.05, 0) is 29.8 Å². The van der Waals surface area contributed by atoms with Crippen LogP contribution in [0.1, 0.15) is 28.8 Å². The third-order valence-corrected chi connectivity index (χ3v) is 5.71. The van der Waals surface area contributed by atoms with Crippen LogP contribution in [0.5, 0.6) is 0 Å². The van der Waals surface area contributed by atoms with Gasteiger partial charge in [0, 0.05) is 39.5 Å².